The van der Waals surface area contributed by atoms with Gasteiger partial charge >= 0.3 is 0 Å². The topological polar surface area (TPSA) is 131 Å². The van der Waals surface area contributed by atoms with Crippen molar-refractivity contribution in [3.05, 3.63) is 69.8 Å². The normalized spacial score (nSPS) is 13.2. The number of hydrogen-bond donors (Lipinski definition) is 1. The summed E-state index contributed by atoms with van der Waals surface area (Å²) in [5.74, 6) is 1.68. The van der Waals surface area contributed by atoms with E-state index in [1.165, 1.54) is 12.8 Å². The Hall–Kier alpha value is -4.00. The molecule has 4 aromatic heterocycles. The number of H-pyrrole nitrogens is 1. The number of aryl methyl sites for hydroxylation is 1. The second-order valence-electron chi connectivity index (χ2n) is 9.33. The fourth-order valence-corrected chi connectivity index (χ4v) is 4.97. The van der Waals surface area contributed by atoms with Crippen LogP contribution in [0.3, 0.4) is 0 Å². The average molecular weight is 634 g/mol. The number of aromatic nitrogens is 6. The molecule has 1 aliphatic rings. The number of nitrogens with one attached hydrogen (secondary N) is 1. The van der Waals surface area contributed by atoms with Crippen molar-refractivity contribution in [3.8, 4) is 28.7 Å². The Kier molecular flexibility index (Phi) is 9.05. The van der Waals surface area contributed by atoms with E-state index in [-0.39, 0.29) is 12.5 Å². The molecule has 12 nitrogen and oxygen atoms in total. The lowest BCUT2D eigenvalue weighted by Gasteiger charge is -2.36. The maximum absolute atomic E-state index is 12.8. The first-order valence-electron chi connectivity index (χ1n) is 12.8. The predicted molar refractivity (Wildman–Crippen MR) is 158 cm³/mol. The molecule has 5 aromatic rings. The van der Waals surface area contributed by atoms with E-state index in [2.05, 4.69) is 30.2 Å². The van der Waals surface area contributed by atoms with Gasteiger partial charge in [0.1, 0.15) is 23.7 Å². The van der Waals surface area contributed by atoms with Gasteiger partial charge in [-0.15, -0.1) is 0 Å². The van der Waals surface area contributed by atoms with Gasteiger partial charge in [0.05, 0.1) is 46.0 Å². The summed E-state index contributed by atoms with van der Waals surface area (Å²) < 4.78 is 17.2. The van der Waals surface area contributed by atoms with Crippen LogP contribution in [0.5, 0.6) is 5.75 Å². The standard InChI is InChI=1S/C20H21Cl2N5O3.C7H6ClN3O/c1-13-19(22)20(17-10-23-12-30-17)24-27(13)11-18(28)26-7-5-25(6-8-26)14-3-4-15(21)16(9-14)29-2;1-4-6(8)7(11-10-4)5-2-9-3-12-5/h3-4,9-10,12H,5-8,11H2,1-2H3;2-3H,1H3,(H,10,11). The van der Waals surface area contributed by atoms with Crippen LogP contribution in [-0.2, 0) is 11.3 Å². The van der Waals surface area contributed by atoms with Crippen LogP contribution in [0.25, 0.3) is 22.9 Å². The Bertz CT molecular complexity index is 1640. The molecule has 0 spiro atoms. The number of ether oxygens (including phenoxy) is 1. The molecule has 1 saturated heterocycles. The highest BCUT2D eigenvalue weighted by molar-refractivity contribution is 6.34. The van der Waals surface area contributed by atoms with E-state index in [4.69, 9.17) is 48.4 Å². The van der Waals surface area contributed by atoms with Crippen LogP contribution in [0.1, 0.15) is 11.4 Å². The van der Waals surface area contributed by atoms with Gasteiger partial charge in [0.15, 0.2) is 24.3 Å². The highest BCUT2D eigenvalue weighted by Crippen LogP contribution is 2.31. The predicted octanol–water partition coefficient (Wildman–Crippen LogP) is 5.54. The molecule has 1 aliphatic heterocycles. The number of rotatable bonds is 6. The molecule has 1 amide bonds. The number of nitrogens with zero attached hydrogens (tertiary/aromatic N) is 7. The molecular weight excluding hydrogens is 607 g/mol. The van der Waals surface area contributed by atoms with Crippen molar-refractivity contribution in [3.63, 3.8) is 0 Å². The minimum atomic E-state index is -0.00489. The van der Waals surface area contributed by atoms with E-state index in [1.54, 1.807) is 24.2 Å². The lowest BCUT2D eigenvalue weighted by molar-refractivity contribution is -0.132. The van der Waals surface area contributed by atoms with Crippen molar-refractivity contribution in [2.75, 3.05) is 38.2 Å². The van der Waals surface area contributed by atoms with E-state index in [0.717, 1.165) is 24.5 Å². The van der Waals surface area contributed by atoms with Crippen molar-refractivity contribution >= 4 is 46.4 Å². The molecule has 220 valence electrons. The first kappa shape index (κ1) is 29.5. The van der Waals surface area contributed by atoms with E-state index in [1.807, 2.05) is 36.9 Å². The number of benzene rings is 1. The largest absolute Gasteiger partial charge is 0.495 e. The second kappa shape index (κ2) is 12.9. The van der Waals surface area contributed by atoms with Gasteiger partial charge in [-0.3, -0.25) is 14.6 Å². The van der Waals surface area contributed by atoms with Gasteiger partial charge in [-0.1, -0.05) is 34.8 Å². The van der Waals surface area contributed by atoms with Gasteiger partial charge in [0.2, 0.25) is 5.91 Å². The molecule has 5 heterocycles. The third kappa shape index (κ3) is 6.25. The van der Waals surface area contributed by atoms with E-state index in [9.17, 15) is 4.79 Å². The summed E-state index contributed by atoms with van der Waals surface area (Å²) >= 11 is 18.4. The second-order valence-corrected chi connectivity index (χ2v) is 10.5. The summed E-state index contributed by atoms with van der Waals surface area (Å²) in [6.07, 6.45) is 5.78. The van der Waals surface area contributed by atoms with E-state index in [0.29, 0.717) is 62.5 Å². The molecule has 1 fully saturated rings. The molecule has 42 heavy (non-hydrogen) atoms. The molecule has 1 aromatic carbocycles. The van der Waals surface area contributed by atoms with Gasteiger partial charge in [0, 0.05) is 37.9 Å². The van der Waals surface area contributed by atoms with Crippen LogP contribution in [0.15, 0.2) is 52.2 Å². The monoisotopic (exact) mass is 632 g/mol. The SMILES string of the molecule is COc1cc(N2CCN(C(=O)Cn3nc(-c4cnco4)c(Cl)c3C)CC2)ccc1Cl.Cc1[nH]nc(-c2cnco2)c1Cl. The van der Waals surface area contributed by atoms with Crippen molar-refractivity contribution in [2.24, 2.45) is 0 Å². The molecule has 0 bridgehead atoms. The third-order valence-corrected chi connectivity index (χ3v) is 7.98. The zero-order valence-corrected chi connectivity index (χ0v) is 25.2. The fourth-order valence-electron chi connectivity index (χ4n) is 4.37. The fraction of sp³-hybridized carbons (Fsp3) is 0.296. The molecule has 0 aliphatic carbocycles. The van der Waals surface area contributed by atoms with Crippen molar-refractivity contribution in [1.29, 1.82) is 0 Å². The number of carbonyl (C=O) groups is 1. The number of oxazole rings is 2. The van der Waals surface area contributed by atoms with Crippen LogP contribution in [0, 0.1) is 13.8 Å². The van der Waals surface area contributed by atoms with Crippen LogP contribution in [0.2, 0.25) is 15.1 Å². The number of methoxy groups -OCH3 is 1. The highest BCUT2D eigenvalue weighted by Gasteiger charge is 2.24. The van der Waals surface area contributed by atoms with E-state index >= 15 is 0 Å². The number of anilines is 1. The third-order valence-electron chi connectivity index (χ3n) is 6.75. The maximum atomic E-state index is 12.8. The molecule has 0 atom stereocenters. The van der Waals surface area contributed by atoms with Crippen LogP contribution in [-0.4, -0.2) is 74.0 Å². The summed E-state index contributed by atoms with van der Waals surface area (Å²) in [6, 6.07) is 5.70. The number of hydrogen-bond acceptors (Lipinski definition) is 9. The first-order valence-corrected chi connectivity index (χ1v) is 14.0. The molecular formula is C27H27Cl3N8O4. The number of piperazine rings is 1. The molecule has 0 unspecified atom stereocenters. The van der Waals surface area contributed by atoms with Crippen LogP contribution >= 0.6 is 34.8 Å². The lowest BCUT2D eigenvalue weighted by atomic mass is 10.2. The van der Waals surface area contributed by atoms with Gasteiger partial charge in [-0.25, -0.2) is 9.97 Å². The minimum Gasteiger partial charge on any atom is -0.495 e. The number of aromatic amines is 1. The van der Waals surface area contributed by atoms with Crippen molar-refractivity contribution < 1.29 is 18.4 Å². The van der Waals surface area contributed by atoms with Gasteiger partial charge in [-0.2, -0.15) is 10.2 Å². The quantitative estimate of drug-likeness (QED) is 0.256. The Labute approximate surface area is 256 Å². The smallest absolute Gasteiger partial charge is 0.244 e. The average Bonchev–Trinajstić information content (AvgIpc) is 3.82. The number of amides is 1. The van der Waals surface area contributed by atoms with Crippen molar-refractivity contribution in [2.45, 2.75) is 20.4 Å². The summed E-state index contributed by atoms with van der Waals surface area (Å²) in [4.78, 5) is 24.6. The van der Waals surface area contributed by atoms with Gasteiger partial charge in [-0.05, 0) is 26.0 Å². The Morgan fingerprint density at radius 2 is 1.64 bits per heavy atom. The van der Waals surface area contributed by atoms with Gasteiger partial charge < -0.3 is 23.4 Å². The van der Waals surface area contributed by atoms with Gasteiger partial charge in [0.25, 0.3) is 0 Å². The maximum Gasteiger partial charge on any atom is 0.244 e. The summed E-state index contributed by atoms with van der Waals surface area (Å²) in [5, 5.41) is 12.8. The molecule has 1 N–H and O–H groups in total. The molecule has 15 heteroatoms. The zero-order chi connectivity index (χ0) is 29.8. The highest BCUT2D eigenvalue weighted by atomic mass is 35.5. The number of halogens is 3. The molecule has 0 radical (unpaired) electrons. The Balaban J connectivity index is 0.000000244. The summed E-state index contributed by atoms with van der Waals surface area (Å²) in [6.45, 7) is 6.47. The number of carbonyl (C=O) groups excluding carboxylic acids is 1. The van der Waals surface area contributed by atoms with Crippen LogP contribution in [0.4, 0.5) is 5.69 Å². The zero-order valence-electron chi connectivity index (χ0n) is 23.0. The van der Waals surface area contributed by atoms with Crippen molar-refractivity contribution in [1.82, 2.24) is 34.8 Å². The lowest BCUT2D eigenvalue weighted by Crippen LogP contribution is -2.49. The van der Waals surface area contributed by atoms with E-state index < -0.39 is 0 Å². The minimum absolute atomic E-state index is 0.00489. The van der Waals surface area contributed by atoms with Crippen LogP contribution < -0.4 is 9.64 Å². The molecule has 6 rings (SSSR count). The molecule has 0 saturated carbocycles. The summed E-state index contributed by atoms with van der Waals surface area (Å²) in [7, 11) is 1.60. The Morgan fingerprint density at radius 3 is 2.21 bits per heavy atom. The first-order chi connectivity index (χ1) is 20.3. The summed E-state index contributed by atoms with van der Waals surface area (Å²) in [5.41, 5.74) is 3.65. The Morgan fingerprint density at radius 1 is 0.976 bits per heavy atom.